The molecule has 134 valence electrons. The smallest absolute Gasteiger partial charge is 0.281 e. The summed E-state index contributed by atoms with van der Waals surface area (Å²) < 4.78 is 7.59. The number of ether oxygens (including phenoxy) is 1. The van der Waals surface area contributed by atoms with Crippen molar-refractivity contribution in [2.75, 3.05) is 0 Å². The zero-order chi connectivity index (χ0) is 18.2. The van der Waals surface area contributed by atoms with Gasteiger partial charge in [0.25, 0.3) is 5.56 Å². The molecule has 6 nitrogen and oxygen atoms in total. The van der Waals surface area contributed by atoms with Gasteiger partial charge >= 0.3 is 0 Å². The fraction of sp³-hybridized carbons (Fsp3) is 0.200. The van der Waals surface area contributed by atoms with Gasteiger partial charge in [-0.3, -0.25) is 9.36 Å². The lowest BCUT2D eigenvalue weighted by molar-refractivity contribution is 0.294. The van der Waals surface area contributed by atoms with E-state index in [-0.39, 0.29) is 11.6 Å². The van der Waals surface area contributed by atoms with Crippen LogP contribution in [0.1, 0.15) is 24.4 Å². The van der Waals surface area contributed by atoms with Crippen molar-refractivity contribution in [1.82, 2.24) is 19.5 Å². The number of rotatable bonds is 5. The van der Waals surface area contributed by atoms with Crippen molar-refractivity contribution in [3.05, 3.63) is 70.0 Å². The van der Waals surface area contributed by atoms with Crippen LogP contribution in [0.5, 0.6) is 5.88 Å². The van der Waals surface area contributed by atoms with Crippen LogP contribution < -0.4 is 10.3 Å². The van der Waals surface area contributed by atoms with Crippen molar-refractivity contribution in [2.45, 2.75) is 25.5 Å². The summed E-state index contributed by atoms with van der Waals surface area (Å²) in [5.74, 6) is 0.490. The average Bonchev–Trinajstić information content (AvgIpc) is 3.39. The Labute approximate surface area is 159 Å². The Hall–Kier alpha value is -3.06. The molecular formula is C20H16N4O2S. The van der Waals surface area contributed by atoms with Gasteiger partial charge in [-0.25, -0.2) is 9.97 Å². The zero-order valence-corrected chi connectivity index (χ0v) is 15.2. The van der Waals surface area contributed by atoms with E-state index in [1.54, 1.807) is 16.8 Å². The van der Waals surface area contributed by atoms with Crippen LogP contribution in [-0.4, -0.2) is 19.5 Å². The molecule has 3 heterocycles. The molecule has 7 heteroatoms. The van der Waals surface area contributed by atoms with Gasteiger partial charge in [0.15, 0.2) is 11.3 Å². The predicted molar refractivity (Wildman–Crippen MR) is 104 cm³/mol. The average molecular weight is 376 g/mol. The Bertz CT molecular complexity index is 1150. The second-order valence-corrected chi connectivity index (χ2v) is 7.37. The predicted octanol–water partition coefficient (Wildman–Crippen LogP) is 3.83. The molecule has 0 aliphatic heterocycles. The summed E-state index contributed by atoms with van der Waals surface area (Å²) in [5, 5.41) is 2.49. The van der Waals surface area contributed by atoms with E-state index in [0.29, 0.717) is 34.4 Å². The third-order valence-corrected chi connectivity index (χ3v) is 5.27. The molecule has 1 fully saturated rings. The molecule has 0 unspecified atom stereocenters. The third-order valence-electron chi connectivity index (χ3n) is 4.49. The van der Waals surface area contributed by atoms with Gasteiger partial charge in [-0.2, -0.15) is 4.98 Å². The SMILES string of the molecule is O=c1c(-c2nccs2)nc2ccc(OCc3ccccc3)nc2n1C1CC1. The van der Waals surface area contributed by atoms with Crippen LogP contribution in [-0.2, 0) is 6.61 Å². The van der Waals surface area contributed by atoms with Crippen molar-refractivity contribution >= 4 is 22.5 Å². The molecule has 4 aromatic rings. The van der Waals surface area contributed by atoms with Crippen LogP contribution in [0.4, 0.5) is 0 Å². The van der Waals surface area contributed by atoms with Crippen molar-refractivity contribution in [3.8, 4) is 16.6 Å². The lowest BCUT2D eigenvalue weighted by Gasteiger charge is -2.11. The van der Waals surface area contributed by atoms with Crippen LogP contribution in [0.3, 0.4) is 0 Å². The first-order valence-corrected chi connectivity index (χ1v) is 9.67. The summed E-state index contributed by atoms with van der Waals surface area (Å²) in [5.41, 5.74) is 2.58. The first-order chi connectivity index (χ1) is 13.3. The summed E-state index contributed by atoms with van der Waals surface area (Å²) >= 11 is 1.42. The Morgan fingerprint density at radius 1 is 1.11 bits per heavy atom. The highest BCUT2D eigenvalue weighted by Crippen LogP contribution is 2.36. The number of hydrogen-bond acceptors (Lipinski definition) is 6. The van der Waals surface area contributed by atoms with E-state index in [4.69, 9.17) is 4.74 Å². The van der Waals surface area contributed by atoms with Crippen LogP contribution in [0.15, 0.2) is 58.8 Å². The van der Waals surface area contributed by atoms with Gasteiger partial charge in [0.2, 0.25) is 5.88 Å². The van der Waals surface area contributed by atoms with E-state index < -0.39 is 0 Å². The maximum Gasteiger partial charge on any atom is 0.281 e. The molecule has 0 amide bonds. The minimum atomic E-state index is -0.132. The highest BCUT2D eigenvalue weighted by molar-refractivity contribution is 7.13. The third kappa shape index (κ3) is 3.10. The van der Waals surface area contributed by atoms with Gasteiger partial charge < -0.3 is 4.74 Å². The largest absolute Gasteiger partial charge is 0.473 e. The molecule has 0 spiro atoms. The Morgan fingerprint density at radius 3 is 2.70 bits per heavy atom. The summed E-state index contributed by atoms with van der Waals surface area (Å²) in [6.07, 6.45) is 3.64. The van der Waals surface area contributed by atoms with Gasteiger partial charge in [0.1, 0.15) is 17.1 Å². The monoisotopic (exact) mass is 376 g/mol. The Balaban J connectivity index is 1.57. The van der Waals surface area contributed by atoms with Gasteiger partial charge in [-0.15, -0.1) is 11.3 Å². The minimum absolute atomic E-state index is 0.132. The topological polar surface area (TPSA) is 69.9 Å². The molecule has 1 saturated carbocycles. The van der Waals surface area contributed by atoms with Gasteiger partial charge in [0.05, 0.1) is 0 Å². The van der Waals surface area contributed by atoms with E-state index in [0.717, 1.165) is 18.4 Å². The van der Waals surface area contributed by atoms with Gasteiger partial charge in [-0.1, -0.05) is 30.3 Å². The molecule has 1 aromatic carbocycles. The number of aromatic nitrogens is 4. The quantitative estimate of drug-likeness (QED) is 0.529. The summed E-state index contributed by atoms with van der Waals surface area (Å²) in [4.78, 5) is 26.4. The fourth-order valence-corrected chi connectivity index (χ4v) is 3.65. The van der Waals surface area contributed by atoms with Gasteiger partial charge in [-0.05, 0) is 24.5 Å². The molecule has 1 aliphatic carbocycles. The van der Waals surface area contributed by atoms with E-state index >= 15 is 0 Å². The van der Waals surface area contributed by atoms with Crippen molar-refractivity contribution in [2.24, 2.45) is 0 Å². The molecule has 0 N–H and O–H groups in total. The molecular weight excluding hydrogens is 360 g/mol. The highest BCUT2D eigenvalue weighted by Gasteiger charge is 2.29. The summed E-state index contributed by atoms with van der Waals surface area (Å²) in [7, 11) is 0. The van der Waals surface area contributed by atoms with E-state index in [9.17, 15) is 4.79 Å². The molecule has 0 radical (unpaired) electrons. The molecule has 27 heavy (non-hydrogen) atoms. The molecule has 0 atom stereocenters. The minimum Gasteiger partial charge on any atom is -0.473 e. The van der Waals surface area contributed by atoms with Crippen LogP contribution >= 0.6 is 11.3 Å². The maximum atomic E-state index is 13.0. The normalized spacial score (nSPS) is 13.8. The molecule has 0 saturated heterocycles. The Morgan fingerprint density at radius 2 is 1.96 bits per heavy atom. The number of hydrogen-bond donors (Lipinski definition) is 0. The number of pyridine rings is 1. The first-order valence-electron chi connectivity index (χ1n) is 8.79. The van der Waals surface area contributed by atoms with E-state index in [1.807, 2.05) is 41.8 Å². The number of fused-ring (bicyclic) bond motifs is 1. The molecule has 3 aromatic heterocycles. The zero-order valence-electron chi connectivity index (χ0n) is 14.4. The lowest BCUT2D eigenvalue weighted by atomic mass is 10.2. The number of nitrogens with zero attached hydrogens (tertiary/aromatic N) is 4. The maximum absolute atomic E-state index is 13.0. The van der Waals surface area contributed by atoms with E-state index in [2.05, 4.69) is 15.0 Å². The number of thiazole rings is 1. The fourth-order valence-electron chi connectivity index (χ4n) is 3.03. The van der Waals surface area contributed by atoms with Crippen LogP contribution in [0, 0.1) is 0 Å². The van der Waals surface area contributed by atoms with Crippen molar-refractivity contribution in [3.63, 3.8) is 0 Å². The second kappa shape index (κ2) is 6.59. The molecule has 0 bridgehead atoms. The highest BCUT2D eigenvalue weighted by atomic mass is 32.1. The van der Waals surface area contributed by atoms with E-state index in [1.165, 1.54) is 11.3 Å². The molecule has 5 rings (SSSR count). The van der Waals surface area contributed by atoms with Crippen LogP contribution in [0.25, 0.3) is 21.9 Å². The van der Waals surface area contributed by atoms with Crippen LogP contribution in [0.2, 0.25) is 0 Å². The number of benzene rings is 1. The van der Waals surface area contributed by atoms with Gasteiger partial charge in [0, 0.05) is 23.7 Å². The van der Waals surface area contributed by atoms with Crippen molar-refractivity contribution in [1.29, 1.82) is 0 Å². The standard InChI is InChI=1S/C20H16N4O2S/c25-20-17(19-21-10-11-27-19)22-15-8-9-16(23-18(15)24(20)14-6-7-14)26-12-13-4-2-1-3-5-13/h1-5,8-11,14H,6-7,12H2. The summed E-state index contributed by atoms with van der Waals surface area (Å²) in [6, 6.07) is 13.8. The molecule has 1 aliphatic rings. The first kappa shape index (κ1) is 16.1. The van der Waals surface area contributed by atoms with Crippen molar-refractivity contribution < 1.29 is 4.74 Å². The lowest BCUT2D eigenvalue weighted by Crippen LogP contribution is -2.23. The summed E-state index contributed by atoms with van der Waals surface area (Å²) in [6.45, 7) is 0.428. The second-order valence-electron chi connectivity index (χ2n) is 6.47. The Kier molecular flexibility index (Phi) is 3.94.